The van der Waals surface area contributed by atoms with Crippen LogP contribution in [0.1, 0.15) is 39.2 Å². The summed E-state index contributed by atoms with van der Waals surface area (Å²) in [6.45, 7) is 7.88. The summed E-state index contributed by atoms with van der Waals surface area (Å²) in [4.78, 5) is 28.6. The molecule has 2 aliphatic rings. The van der Waals surface area contributed by atoms with Crippen molar-refractivity contribution in [3.05, 3.63) is 35.9 Å². The average Bonchev–Trinajstić information content (AvgIpc) is 2.94. The molecule has 1 amide bonds. The van der Waals surface area contributed by atoms with E-state index >= 15 is 0 Å². The number of carboxylic acids is 1. The van der Waals surface area contributed by atoms with Gasteiger partial charge < -0.3 is 14.7 Å². The molecule has 142 valence electrons. The summed E-state index contributed by atoms with van der Waals surface area (Å²) in [5.41, 5.74) is -0.322. The van der Waals surface area contributed by atoms with Gasteiger partial charge in [0.1, 0.15) is 11.0 Å². The Labute approximate surface area is 154 Å². The minimum Gasteiger partial charge on any atom is -0.481 e. The Morgan fingerprint density at radius 2 is 1.92 bits per heavy atom. The zero-order valence-electron chi connectivity index (χ0n) is 15.8. The summed E-state index contributed by atoms with van der Waals surface area (Å²) in [5.74, 6) is -0.814. The SMILES string of the molecule is CC(C)(C)OC(=O)N1CCC2(C(=O)O)CN(Cc3ccccc3)CCC12. The number of aliphatic carboxylic acids is 1. The molecule has 6 heteroatoms. The molecular weight excluding hydrogens is 332 g/mol. The number of likely N-dealkylation sites (tertiary alicyclic amines) is 2. The van der Waals surface area contributed by atoms with Gasteiger partial charge in [0.15, 0.2) is 0 Å². The molecule has 1 N–H and O–H groups in total. The fourth-order valence-electron chi connectivity index (χ4n) is 4.17. The Balaban J connectivity index is 1.75. The fraction of sp³-hybridized carbons (Fsp3) is 0.600. The molecule has 3 rings (SSSR count). The third kappa shape index (κ3) is 3.70. The van der Waals surface area contributed by atoms with Crippen LogP contribution in [0.2, 0.25) is 0 Å². The van der Waals surface area contributed by atoms with Gasteiger partial charge >= 0.3 is 12.1 Å². The van der Waals surface area contributed by atoms with Gasteiger partial charge in [0, 0.05) is 26.2 Å². The highest BCUT2D eigenvalue weighted by Gasteiger charge is 2.57. The first-order valence-electron chi connectivity index (χ1n) is 9.21. The van der Waals surface area contributed by atoms with E-state index in [0.717, 1.165) is 13.1 Å². The Kier molecular flexibility index (Phi) is 4.97. The predicted octanol–water partition coefficient (Wildman–Crippen LogP) is 2.97. The molecule has 0 bridgehead atoms. The van der Waals surface area contributed by atoms with Crippen molar-refractivity contribution in [1.29, 1.82) is 0 Å². The Morgan fingerprint density at radius 1 is 1.23 bits per heavy atom. The number of carbonyl (C=O) groups excluding carboxylic acids is 1. The van der Waals surface area contributed by atoms with Crippen molar-refractivity contribution in [2.24, 2.45) is 5.41 Å². The molecule has 26 heavy (non-hydrogen) atoms. The summed E-state index contributed by atoms with van der Waals surface area (Å²) < 4.78 is 5.50. The van der Waals surface area contributed by atoms with Crippen molar-refractivity contribution < 1.29 is 19.4 Å². The second-order valence-corrected chi connectivity index (χ2v) is 8.39. The Bertz CT molecular complexity index is 670. The van der Waals surface area contributed by atoms with Gasteiger partial charge in [-0.1, -0.05) is 30.3 Å². The van der Waals surface area contributed by atoms with Crippen LogP contribution in [0.5, 0.6) is 0 Å². The van der Waals surface area contributed by atoms with Crippen LogP contribution < -0.4 is 0 Å². The van der Waals surface area contributed by atoms with Gasteiger partial charge in [-0.2, -0.15) is 0 Å². The first kappa shape index (κ1) is 18.7. The van der Waals surface area contributed by atoms with E-state index < -0.39 is 23.1 Å². The van der Waals surface area contributed by atoms with Gasteiger partial charge in [0.25, 0.3) is 0 Å². The monoisotopic (exact) mass is 360 g/mol. The van der Waals surface area contributed by atoms with E-state index in [2.05, 4.69) is 17.0 Å². The van der Waals surface area contributed by atoms with Gasteiger partial charge in [-0.3, -0.25) is 9.69 Å². The Morgan fingerprint density at radius 3 is 2.54 bits per heavy atom. The zero-order valence-corrected chi connectivity index (χ0v) is 15.8. The minimum absolute atomic E-state index is 0.304. The summed E-state index contributed by atoms with van der Waals surface area (Å²) in [6.07, 6.45) is 0.720. The van der Waals surface area contributed by atoms with Crippen LogP contribution in [0.15, 0.2) is 30.3 Å². The standard InChI is InChI=1S/C20H28N2O4/c1-19(2,3)26-18(25)22-12-10-20(17(23)24)14-21(11-9-16(20)22)13-15-7-5-4-6-8-15/h4-8,16H,9-14H2,1-3H3,(H,23,24). The van der Waals surface area contributed by atoms with E-state index in [1.807, 2.05) is 39.0 Å². The van der Waals surface area contributed by atoms with Gasteiger partial charge in [-0.25, -0.2) is 4.79 Å². The van der Waals surface area contributed by atoms with Gasteiger partial charge in [0.05, 0.1) is 6.04 Å². The molecule has 0 aliphatic carbocycles. The lowest BCUT2D eigenvalue weighted by molar-refractivity contribution is -0.154. The molecule has 2 heterocycles. The highest BCUT2D eigenvalue weighted by Crippen LogP contribution is 2.43. The second kappa shape index (κ2) is 6.91. The van der Waals surface area contributed by atoms with Crippen LogP contribution in [0.3, 0.4) is 0 Å². The molecule has 6 nitrogen and oxygen atoms in total. The number of carboxylic acid groups (broad SMARTS) is 1. The third-order valence-corrected chi connectivity index (χ3v) is 5.34. The lowest BCUT2D eigenvalue weighted by atomic mass is 9.75. The second-order valence-electron chi connectivity index (χ2n) is 8.39. The number of rotatable bonds is 3. The third-order valence-electron chi connectivity index (χ3n) is 5.34. The molecule has 0 spiro atoms. The van der Waals surface area contributed by atoms with Crippen LogP contribution in [0.25, 0.3) is 0 Å². The van der Waals surface area contributed by atoms with Crippen LogP contribution >= 0.6 is 0 Å². The molecular formula is C20H28N2O4. The molecule has 1 aromatic carbocycles. The number of carbonyl (C=O) groups is 2. The van der Waals surface area contributed by atoms with Crippen molar-refractivity contribution in [1.82, 2.24) is 9.80 Å². The van der Waals surface area contributed by atoms with Crippen LogP contribution in [0, 0.1) is 5.41 Å². The van der Waals surface area contributed by atoms with Crippen LogP contribution in [-0.2, 0) is 16.1 Å². The number of hydrogen-bond donors (Lipinski definition) is 1. The molecule has 2 aliphatic heterocycles. The number of fused-ring (bicyclic) bond motifs is 1. The molecule has 0 radical (unpaired) electrons. The first-order chi connectivity index (χ1) is 12.2. The van der Waals surface area contributed by atoms with Crippen molar-refractivity contribution in [2.45, 2.75) is 51.8 Å². The number of nitrogens with zero attached hydrogens (tertiary/aromatic N) is 2. The summed E-state index contributed by atoms with van der Waals surface area (Å²) in [6, 6.07) is 9.78. The number of amides is 1. The lowest BCUT2D eigenvalue weighted by Crippen LogP contribution is -2.57. The topological polar surface area (TPSA) is 70.1 Å². The number of benzene rings is 1. The molecule has 0 aromatic heterocycles. The van der Waals surface area contributed by atoms with Crippen LogP contribution in [-0.4, -0.2) is 58.2 Å². The number of piperidine rings is 1. The zero-order chi connectivity index (χ0) is 18.9. The van der Waals surface area contributed by atoms with E-state index in [1.165, 1.54) is 5.56 Å². The molecule has 1 aromatic rings. The molecule has 2 atom stereocenters. The first-order valence-corrected chi connectivity index (χ1v) is 9.21. The quantitative estimate of drug-likeness (QED) is 0.897. The predicted molar refractivity (Wildman–Crippen MR) is 97.7 cm³/mol. The van der Waals surface area contributed by atoms with E-state index in [0.29, 0.717) is 25.9 Å². The van der Waals surface area contributed by atoms with Gasteiger partial charge in [-0.05, 0) is 39.2 Å². The largest absolute Gasteiger partial charge is 0.481 e. The van der Waals surface area contributed by atoms with Crippen molar-refractivity contribution in [2.75, 3.05) is 19.6 Å². The summed E-state index contributed by atoms with van der Waals surface area (Å²) in [5, 5.41) is 10.0. The van der Waals surface area contributed by atoms with Crippen molar-refractivity contribution in [3.63, 3.8) is 0 Å². The van der Waals surface area contributed by atoms with Crippen LogP contribution in [0.4, 0.5) is 4.79 Å². The molecule has 2 saturated heterocycles. The van der Waals surface area contributed by atoms with Crippen molar-refractivity contribution >= 4 is 12.1 Å². The highest BCUT2D eigenvalue weighted by atomic mass is 16.6. The Hall–Kier alpha value is -2.08. The number of ether oxygens (including phenoxy) is 1. The highest BCUT2D eigenvalue weighted by molar-refractivity contribution is 5.79. The van der Waals surface area contributed by atoms with Gasteiger partial charge in [0.2, 0.25) is 0 Å². The maximum atomic E-state index is 12.6. The smallest absolute Gasteiger partial charge is 0.410 e. The van der Waals surface area contributed by atoms with E-state index in [9.17, 15) is 14.7 Å². The fourth-order valence-corrected chi connectivity index (χ4v) is 4.17. The minimum atomic E-state index is -0.913. The van der Waals surface area contributed by atoms with E-state index in [4.69, 9.17) is 4.74 Å². The number of hydrogen-bond acceptors (Lipinski definition) is 4. The average molecular weight is 360 g/mol. The molecule has 2 unspecified atom stereocenters. The summed E-state index contributed by atoms with van der Waals surface area (Å²) in [7, 11) is 0. The van der Waals surface area contributed by atoms with E-state index in [-0.39, 0.29) is 6.04 Å². The normalized spacial score (nSPS) is 26.4. The molecule has 0 saturated carbocycles. The summed E-state index contributed by atoms with van der Waals surface area (Å²) >= 11 is 0. The molecule has 2 fully saturated rings. The van der Waals surface area contributed by atoms with Crippen molar-refractivity contribution in [3.8, 4) is 0 Å². The van der Waals surface area contributed by atoms with Gasteiger partial charge in [-0.15, -0.1) is 0 Å². The lowest BCUT2D eigenvalue weighted by Gasteiger charge is -2.43. The maximum Gasteiger partial charge on any atom is 0.410 e. The maximum absolute atomic E-state index is 12.6. The van der Waals surface area contributed by atoms with E-state index in [1.54, 1.807) is 4.90 Å².